The normalized spacial score (nSPS) is 10.6. The Morgan fingerprint density at radius 3 is 2.89 bits per heavy atom. The van der Waals surface area contributed by atoms with Crippen LogP contribution in [-0.2, 0) is 13.5 Å². The molecule has 5 heteroatoms. The van der Waals surface area contributed by atoms with Crippen molar-refractivity contribution >= 4 is 5.78 Å². The van der Waals surface area contributed by atoms with E-state index in [0.29, 0.717) is 23.2 Å². The van der Waals surface area contributed by atoms with Crippen molar-refractivity contribution < 1.29 is 9.90 Å². The van der Waals surface area contributed by atoms with E-state index in [1.807, 2.05) is 0 Å². The second-order valence-corrected chi connectivity index (χ2v) is 4.44. The molecule has 0 amide bonds. The summed E-state index contributed by atoms with van der Waals surface area (Å²) in [5.74, 6) is -0.315. The molecule has 0 bridgehead atoms. The van der Waals surface area contributed by atoms with E-state index in [9.17, 15) is 9.90 Å². The van der Waals surface area contributed by atoms with Crippen LogP contribution < -0.4 is 0 Å². The lowest BCUT2D eigenvalue weighted by atomic mass is 10.0. The van der Waals surface area contributed by atoms with Crippen molar-refractivity contribution in [1.29, 1.82) is 0 Å². The monoisotopic (exact) mass is 259 g/mol. The SMILES string of the molecule is CCCCc1nn(C)c(O)c1C(=O)c1cccnc1. The Kier molecular flexibility index (Phi) is 3.94. The summed E-state index contributed by atoms with van der Waals surface area (Å²) >= 11 is 0. The summed E-state index contributed by atoms with van der Waals surface area (Å²) in [5, 5.41) is 14.2. The van der Waals surface area contributed by atoms with Gasteiger partial charge in [-0.05, 0) is 25.0 Å². The van der Waals surface area contributed by atoms with Crippen molar-refractivity contribution in [3.8, 4) is 5.88 Å². The van der Waals surface area contributed by atoms with Crippen LogP contribution >= 0.6 is 0 Å². The van der Waals surface area contributed by atoms with Gasteiger partial charge in [0.15, 0.2) is 0 Å². The molecule has 0 atom stereocenters. The summed E-state index contributed by atoms with van der Waals surface area (Å²) in [6.07, 6.45) is 5.74. The molecule has 0 radical (unpaired) electrons. The van der Waals surface area contributed by atoms with Gasteiger partial charge in [0.2, 0.25) is 11.7 Å². The molecule has 0 aromatic carbocycles. The molecular weight excluding hydrogens is 242 g/mol. The number of ketones is 1. The summed E-state index contributed by atoms with van der Waals surface area (Å²) in [5.41, 5.74) is 1.41. The maximum atomic E-state index is 12.4. The highest BCUT2D eigenvalue weighted by Gasteiger charge is 2.23. The zero-order chi connectivity index (χ0) is 13.8. The molecule has 2 heterocycles. The minimum Gasteiger partial charge on any atom is -0.493 e. The highest BCUT2D eigenvalue weighted by molar-refractivity contribution is 6.11. The first kappa shape index (κ1) is 13.3. The number of unbranched alkanes of at least 4 members (excludes halogenated alkanes) is 1. The predicted molar refractivity (Wildman–Crippen MR) is 71.2 cm³/mol. The van der Waals surface area contributed by atoms with E-state index in [0.717, 1.165) is 12.8 Å². The summed E-state index contributed by atoms with van der Waals surface area (Å²) < 4.78 is 1.34. The number of rotatable bonds is 5. The van der Waals surface area contributed by atoms with Crippen molar-refractivity contribution in [3.05, 3.63) is 41.3 Å². The lowest BCUT2D eigenvalue weighted by Gasteiger charge is -2.02. The first-order valence-corrected chi connectivity index (χ1v) is 6.34. The number of hydrogen-bond donors (Lipinski definition) is 1. The van der Waals surface area contributed by atoms with E-state index in [1.165, 1.54) is 10.9 Å². The van der Waals surface area contributed by atoms with Crippen molar-refractivity contribution in [2.75, 3.05) is 0 Å². The number of pyridine rings is 1. The van der Waals surface area contributed by atoms with Crippen LogP contribution in [0.5, 0.6) is 5.88 Å². The molecular formula is C14H17N3O2. The highest BCUT2D eigenvalue weighted by Crippen LogP contribution is 2.24. The summed E-state index contributed by atoms with van der Waals surface area (Å²) in [6, 6.07) is 3.39. The molecule has 19 heavy (non-hydrogen) atoms. The van der Waals surface area contributed by atoms with E-state index in [-0.39, 0.29) is 11.7 Å². The molecule has 0 unspecified atom stereocenters. The number of nitrogens with zero attached hydrogens (tertiary/aromatic N) is 3. The van der Waals surface area contributed by atoms with Gasteiger partial charge < -0.3 is 5.11 Å². The largest absolute Gasteiger partial charge is 0.493 e. The molecule has 0 aliphatic rings. The number of carbonyl (C=O) groups excluding carboxylic acids is 1. The molecule has 2 aromatic heterocycles. The fourth-order valence-corrected chi connectivity index (χ4v) is 1.96. The Morgan fingerprint density at radius 1 is 1.47 bits per heavy atom. The topological polar surface area (TPSA) is 68.0 Å². The Balaban J connectivity index is 2.40. The first-order valence-electron chi connectivity index (χ1n) is 6.34. The zero-order valence-electron chi connectivity index (χ0n) is 11.1. The van der Waals surface area contributed by atoms with Gasteiger partial charge in [0, 0.05) is 25.0 Å². The Bertz CT molecular complexity index is 576. The van der Waals surface area contributed by atoms with Crippen molar-refractivity contribution in [3.63, 3.8) is 0 Å². The van der Waals surface area contributed by atoms with Gasteiger partial charge in [-0.2, -0.15) is 5.10 Å². The molecule has 0 saturated heterocycles. The first-order chi connectivity index (χ1) is 9.15. The average Bonchev–Trinajstić information content (AvgIpc) is 2.72. The van der Waals surface area contributed by atoms with Crippen molar-refractivity contribution in [2.24, 2.45) is 7.05 Å². The van der Waals surface area contributed by atoms with Crippen LogP contribution in [0, 0.1) is 0 Å². The van der Waals surface area contributed by atoms with Crippen LogP contribution in [-0.4, -0.2) is 25.7 Å². The lowest BCUT2D eigenvalue weighted by molar-refractivity contribution is 0.103. The van der Waals surface area contributed by atoms with Gasteiger partial charge in [0.25, 0.3) is 0 Å². The van der Waals surface area contributed by atoms with Crippen molar-refractivity contribution in [1.82, 2.24) is 14.8 Å². The Morgan fingerprint density at radius 2 is 2.26 bits per heavy atom. The van der Waals surface area contributed by atoms with E-state index in [2.05, 4.69) is 17.0 Å². The van der Waals surface area contributed by atoms with Gasteiger partial charge in [-0.15, -0.1) is 0 Å². The minimum atomic E-state index is -0.232. The molecule has 5 nitrogen and oxygen atoms in total. The zero-order valence-corrected chi connectivity index (χ0v) is 11.1. The Labute approximate surface area is 111 Å². The van der Waals surface area contributed by atoms with Crippen LogP contribution in [0.3, 0.4) is 0 Å². The maximum Gasteiger partial charge on any atom is 0.220 e. The Hall–Kier alpha value is -2.17. The van der Waals surface area contributed by atoms with Gasteiger partial charge in [-0.25, -0.2) is 4.68 Å². The second kappa shape index (κ2) is 5.65. The third-order valence-electron chi connectivity index (χ3n) is 3.01. The smallest absolute Gasteiger partial charge is 0.220 e. The number of hydrogen-bond acceptors (Lipinski definition) is 4. The standard InChI is InChI=1S/C14H17N3O2/c1-3-4-7-11-12(14(19)17(2)16-11)13(18)10-6-5-8-15-9-10/h5-6,8-9,19H,3-4,7H2,1-2H3. The third-order valence-corrected chi connectivity index (χ3v) is 3.01. The lowest BCUT2D eigenvalue weighted by Crippen LogP contribution is -2.04. The molecule has 1 N–H and O–H groups in total. The molecule has 100 valence electrons. The van der Waals surface area contributed by atoms with Gasteiger partial charge >= 0.3 is 0 Å². The van der Waals surface area contributed by atoms with Crippen LogP contribution in [0.25, 0.3) is 0 Å². The summed E-state index contributed by atoms with van der Waals surface area (Å²) in [6.45, 7) is 2.07. The van der Waals surface area contributed by atoms with Crippen LogP contribution in [0.1, 0.15) is 41.4 Å². The van der Waals surface area contributed by atoms with Gasteiger partial charge in [-0.1, -0.05) is 13.3 Å². The second-order valence-electron chi connectivity index (χ2n) is 4.44. The molecule has 0 saturated carbocycles. The van der Waals surface area contributed by atoms with E-state index >= 15 is 0 Å². The van der Waals surface area contributed by atoms with Crippen molar-refractivity contribution in [2.45, 2.75) is 26.2 Å². The fraction of sp³-hybridized carbons (Fsp3) is 0.357. The molecule has 0 fully saturated rings. The predicted octanol–water partition coefficient (Wildman–Crippen LogP) is 2.09. The highest BCUT2D eigenvalue weighted by atomic mass is 16.3. The van der Waals surface area contributed by atoms with E-state index in [1.54, 1.807) is 25.4 Å². The molecule has 2 rings (SSSR count). The molecule has 0 aliphatic carbocycles. The van der Waals surface area contributed by atoms with Gasteiger partial charge in [0.1, 0.15) is 5.56 Å². The average molecular weight is 259 g/mol. The van der Waals surface area contributed by atoms with E-state index in [4.69, 9.17) is 0 Å². The molecule has 0 aliphatic heterocycles. The van der Waals surface area contributed by atoms with Crippen LogP contribution in [0.15, 0.2) is 24.5 Å². The van der Waals surface area contributed by atoms with Gasteiger partial charge in [-0.3, -0.25) is 9.78 Å². The fourth-order valence-electron chi connectivity index (χ4n) is 1.96. The summed E-state index contributed by atoms with van der Waals surface area (Å²) in [7, 11) is 1.63. The van der Waals surface area contributed by atoms with Crippen LogP contribution in [0.2, 0.25) is 0 Å². The number of aromatic nitrogens is 3. The molecule has 2 aromatic rings. The van der Waals surface area contributed by atoms with Gasteiger partial charge in [0.05, 0.1) is 5.69 Å². The van der Waals surface area contributed by atoms with E-state index < -0.39 is 0 Å². The quantitative estimate of drug-likeness (QED) is 0.835. The summed E-state index contributed by atoms with van der Waals surface area (Å²) in [4.78, 5) is 16.3. The number of aryl methyl sites for hydroxylation is 2. The minimum absolute atomic E-state index is 0.0834. The number of carbonyl (C=O) groups is 1. The van der Waals surface area contributed by atoms with Crippen LogP contribution in [0.4, 0.5) is 0 Å². The number of aromatic hydroxyl groups is 1. The third kappa shape index (κ3) is 2.65. The molecule has 0 spiro atoms. The maximum absolute atomic E-state index is 12.4.